The van der Waals surface area contributed by atoms with Gasteiger partial charge in [-0.05, 0) is 49.9 Å². The van der Waals surface area contributed by atoms with Crippen LogP contribution in [0.3, 0.4) is 0 Å². The number of fused-ring (bicyclic) bond motifs is 4. The SMILES string of the molecule is CCN1[C@@H]2Cn3c(ccc(C4=CCCCC4)c3=O)[C@H]1[C@@H](C(=O)NCC(F)(F)F)[C@@H]2CO. The summed E-state index contributed by atoms with van der Waals surface area (Å²) in [7, 11) is 0. The number of allylic oxidation sites excluding steroid dienone is 2. The molecule has 1 saturated heterocycles. The van der Waals surface area contributed by atoms with Crippen LogP contribution in [0.2, 0.25) is 0 Å². The molecular weight excluding hydrogens is 411 g/mol. The molecule has 170 valence electrons. The fourth-order valence-electron chi connectivity index (χ4n) is 5.59. The number of aliphatic hydroxyl groups is 1. The minimum atomic E-state index is -4.51. The number of halogens is 3. The van der Waals surface area contributed by atoms with Gasteiger partial charge >= 0.3 is 6.18 Å². The zero-order valence-electron chi connectivity index (χ0n) is 17.5. The maximum Gasteiger partial charge on any atom is 0.405 e. The number of hydrogen-bond acceptors (Lipinski definition) is 4. The first kappa shape index (κ1) is 22.1. The van der Waals surface area contributed by atoms with Gasteiger partial charge < -0.3 is 15.0 Å². The van der Waals surface area contributed by atoms with Gasteiger partial charge in [-0.1, -0.05) is 13.0 Å². The van der Waals surface area contributed by atoms with Crippen LogP contribution in [-0.4, -0.2) is 52.4 Å². The van der Waals surface area contributed by atoms with Crippen LogP contribution in [0.4, 0.5) is 13.2 Å². The third kappa shape index (κ3) is 3.93. The number of aliphatic hydroxyl groups excluding tert-OH is 1. The van der Waals surface area contributed by atoms with Crippen LogP contribution >= 0.6 is 0 Å². The molecule has 1 fully saturated rings. The highest BCUT2D eigenvalue weighted by Gasteiger charge is 2.55. The van der Waals surface area contributed by atoms with Gasteiger partial charge in [-0.15, -0.1) is 0 Å². The molecule has 0 aromatic carbocycles. The van der Waals surface area contributed by atoms with Gasteiger partial charge in [0, 0.05) is 36.4 Å². The Hall–Kier alpha value is -2.13. The number of nitrogens with one attached hydrogen (secondary N) is 1. The van der Waals surface area contributed by atoms with Gasteiger partial charge in [0.15, 0.2) is 0 Å². The topological polar surface area (TPSA) is 74.6 Å². The van der Waals surface area contributed by atoms with Crippen molar-refractivity contribution in [1.29, 1.82) is 0 Å². The molecule has 4 atom stereocenters. The predicted octanol–water partition coefficient (Wildman–Crippen LogP) is 2.47. The average molecular weight is 439 g/mol. The Morgan fingerprint density at radius 1 is 1.29 bits per heavy atom. The van der Waals surface area contributed by atoms with Crippen molar-refractivity contribution in [2.75, 3.05) is 19.7 Å². The molecule has 1 amide bonds. The molecule has 3 aliphatic rings. The summed E-state index contributed by atoms with van der Waals surface area (Å²) in [6.45, 7) is 1.05. The predicted molar refractivity (Wildman–Crippen MR) is 109 cm³/mol. The van der Waals surface area contributed by atoms with Crippen molar-refractivity contribution in [1.82, 2.24) is 14.8 Å². The van der Waals surface area contributed by atoms with Crippen molar-refractivity contribution in [2.45, 2.75) is 57.4 Å². The monoisotopic (exact) mass is 439 g/mol. The van der Waals surface area contributed by atoms with E-state index in [1.165, 1.54) is 0 Å². The van der Waals surface area contributed by atoms with Gasteiger partial charge in [0.05, 0.1) is 12.0 Å². The van der Waals surface area contributed by atoms with E-state index >= 15 is 0 Å². The number of nitrogens with zero attached hydrogens (tertiary/aromatic N) is 2. The highest BCUT2D eigenvalue weighted by Crippen LogP contribution is 2.48. The second-order valence-electron chi connectivity index (χ2n) is 8.61. The number of pyridine rings is 1. The zero-order valence-corrected chi connectivity index (χ0v) is 17.5. The number of carbonyl (C=O) groups excluding carboxylic acids is 1. The van der Waals surface area contributed by atoms with E-state index in [0.717, 1.165) is 31.3 Å². The number of rotatable bonds is 5. The molecule has 1 aromatic rings. The van der Waals surface area contributed by atoms with Gasteiger partial charge in [0.25, 0.3) is 5.56 Å². The fourth-order valence-corrected chi connectivity index (χ4v) is 5.59. The lowest BCUT2D eigenvalue weighted by atomic mass is 9.86. The highest BCUT2D eigenvalue weighted by molar-refractivity contribution is 5.80. The van der Waals surface area contributed by atoms with Crippen LogP contribution in [0.1, 0.15) is 49.9 Å². The number of carbonyl (C=O) groups is 1. The fraction of sp³-hybridized carbons (Fsp3) is 0.636. The highest BCUT2D eigenvalue weighted by atomic mass is 19.4. The number of amides is 1. The Morgan fingerprint density at radius 2 is 2.06 bits per heavy atom. The largest absolute Gasteiger partial charge is 0.405 e. The van der Waals surface area contributed by atoms with E-state index in [1.807, 2.05) is 23.2 Å². The van der Waals surface area contributed by atoms with Gasteiger partial charge in [0.2, 0.25) is 5.91 Å². The summed E-state index contributed by atoms with van der Waals surface area (Å²) in [4.78, 5) is 28.2. The van der Waals surface area contributed by atoms with Crippen molar-refractivity contribution >= 4 is 11.5 Å². The Bertz CT molecular complexity index is 940. The maximum atomic E-state index is 13.3. The Labute approximate surface area is 178 Å². The van der Waals surface area contributed by atoms with E-state index in [-0.39, 0.29) is 18.2 Å². The molecule has 31 heavy (non-hydrogen) atoms. The summed E-state index contributed by atoms with van der Waals surface area (Å²) in [6.07, 6.45) is 1.53. The third-order valence-electron chi connectivity index (χ3n) is 6.94. The van der Waals surface area contributed by atoms with Crippen molar-refractivity contribution in [3.63, 3.8) is 0 Å². The van der Waals surface area contributed by atoms with E-state index < -0.39 is 36.5 Å². The molecule has 2 bridgehead atoms. The molecule has 9 heteroatoms. The molecule has 6 nitrogen and oxygen atoms in total. The maximum absolute atomic E-state index is 13.3. The van der Waals surface area contributed by atoms with E-state index in [2.05, 4.69) is 6.08 Å². The van der Waals surface area contributed by atoms with Crippen molar-refractivity contribution in [3.05, 3.63) is 39.8 Å². The first-order chi connectivity index (χ1) is 14.8. The van der Waals surface area contributed by atoms with E-state index in [0.29, 0.717) is 24.3 Å². The summed E-state index contributed by atoms with van der Waals surface area (Å²) in [5.41, 5.74) is 2.21. The lowest BCUT2D eigenvalue weighted by Gasteiger charge is -2.37. The zero-order chi connectivity index (χ0) is 22.3. The number of likely N-dealkylation sites (N-methyl/N-ethyl adjacent to an activating group) is 1. The van der Waals surface area contributed by atoms with Crippen molar-refractivity contribution < 1.29 is 23.1 Å². The minimum Gasteiger partial charge on any atom is -0.396 e. The van der Waals surface area contributed by atoms with Crippen LogP contribution in [0.5, 0.6) is 0 Å². The van der Waals surface area contributed by atoms with Crippen LogP contribution < -0.4 is 10.9 Å². The first-order valence-electron chi connectivity index (χ1n) is 10.9. The van der Waals surface area contributed by atoms with Gasteiger partial charge in [-0.2, -0.15) is 13.2 Å². The standard InChI is InChI=1S/C22H28F3N3O3/c1-2-27-17-10-28-16(9-8-14(21(28)31)13-6-4-3-5-7-13)19(27)18(15(17)11-29)20(30)26-12-22(23,24)25/h6,8-9,15,17-19,29H,2-5,7,10-12H2,1H3,(H,26,30)/t15-,17-,18+,19+/m1/s1. The van der Waals surface area contributed by atoms with Crippen LogP contribution in [0, 0.1) is 11.8 Å². The van der Waals surface area contributed by atoms with Crippen LogP contribution in [0.25, 0.3) is 5.57 Å². The van der Waals surface area contributed by atoms with E-state index in [4.69, 9.17) is 0 Å². The lowest BCUT2D eigenvalue weighted by Crippen LogP contribution is -2.46. The summed E-state index contributed by atoms with van der Waals surface area (Å²) in [6, 6.07) is 2.79. The Morgan fingerprint density at radius 3 is 2.68 bits per heavy atom. The Balaban J connectivity index is 1.74. The quantitative estimate of drug-likeness (QED) is 0.739. The molecule has 1 aliphatic carbocycles. The molecule has 0 unspecified atom stereocenters. The molecule has 0 saturated carbocycles. The summed E-state index contributed by atoms with van der Waals surface area (Å²) < 4.78 is 39.7. The second-order valence-corrected chi connectivity index (χ2v) is 8.61. The normalized spacial score (nSPS) is 28.2. The second kappa shape index (κ2) is 8.43. The minimum absolute atomic E-state index is 0.121. The summed E-state index contributed by atoms with van der Waals surface area (Å²) in [5, 5.41) is 12.1. The molecule has 0 spiro atoms. The van der Waals surface area contributed by atoms with Crippen LogP contribution in [0.15, 0.2) is 23.0 Å². The number of aromatic nitrogens is 1. The molecular formula is C22H28F3N3O3. The third-order valence-corrected chi connectivity index (χ3v) is 6.94. The molecule has 2 N–H and O–H groups in total. The molecule has 1 aromatic heterocycles. The van der Waals surface area contributed by atoms with Gasteiger partial charge in [-0.3, -0.25) is 14.5 Å². The first-order valence-corrected chi connectivity index (χ1v) is 10.9. The lowest BCUT2D eigenvalue weighted by molar-refractivity contribution is -0.142. The van der Waals surface area contributed by atoms with Crippen LogP contribution in [-0.2, 0) is 11.3 Å². The molecule has 2 aliphatic heterocycles. The Kier molecular flexibility index (Phi) is 6.00. The van der Waals surface area contributed by atoms with Gasteiger partial charge in [-0.25, -0.2) is 0 Å². The number of alkyl halides is 3. The summed E-state index contributed by atoms with van der Waals surface area (Å²) in [5.74, 6) is -2.14. The van der Waals surface area contributed by atoms with Gasteiger partial charge in [0.1, 0.15) is 6.54 Å². The molecule has 0 radical (unpaired) electrons. The average Bonchev–Trinajstić information content (AvgIpc) is 2.98. The molecule has 4 rings (SSSR count). The van der Waals surface area contributed by atoms with Crippen molar-refractivity contribution in [3.8, 4) is 0 Å². The van der Waals surface area contributed by atoms with E-state index in [1.54, 1.807) is 10.6 Å². The number of hydrogen-bond donors (Lipinski definition) is 2. The van der Waals surface area contributed by atoms with Crippen molar-refractivity contribution in [2.24, 2.45) is 11.8 Å². The smallest absolute Gasteiger partial charge is 0.396 e. The summed E-state index contributed by atoms with van der Waals surface area (Å²) >= 11 is 0. The molecule has 3 heterocycles. The van der Waals surface area contributed by atoms with E-state index in [9.17, 15) is 27.9 Å².